The van der Waals surface area contributed by atoms with Gasteiger partial charge in [0.2, 0.25) is 0 Å². The molecule has 0 bridgehead atoms. The van der Waals surface area contributed by atoms with Gasteiger partial charge in [-0.15, -0.1) is 0 Å². The molecule has 4 rings (SSSR count). The summed E-state index contributed by atoms with van der Waals surface area (Å²) in [6.45, 7) is 13.2. The molecule has 3 aromatic carbocycles. The van der Waals surface area contributed by atoms with Crippen molar-refractivity contribution in [3.63, 3.8) is 0 Å². The van der Waals surface area contributed by atoms with E-state index in [4.69, 9.17) is 11.6 Å². The summed E-state index contributed by atoms with van der Waals surface area (Å²) in [6, 6.07) is 23.0. The van der Waals surface area contributed by atoms with Crippen molar-refractivity contribution in [2.75, 3.05) is 31.1 Å². The quantitative estimate of drug-likeness (QED) is 0.278. The molecule has 3 aromatic rings. The number of quaternary nitrogens is 1. The van der Waals surface area contributed by atoms with Crippen molar-refractivity contribution in [2.24, 2.45) is 11.8 Å². The van der Waals surface area contributed by atoms with Gasteiger partial charge in [0, 0.05) is 27.3 Å². The minimum absolute atomic E-state index is 0.0552. The maximum Gasteiger partial charge on any atom is 0.265 e. The Balaban J connectivity index is 1.43. The van der Waals surface area contributed by atoms with Crippen LogP contribution in [0.25, 0.3) is 6.08 Å². The largest absolute Gasteiger partial charge is 0.346 e. The summed E-state index contributed by atoms with van der Waals surface area (Å²) in [5.74, 6) is 1.12. The van der Waals surface area contributed by atoms with Gasteiger partial charge in [-0.25, -0.2) is 0 Å². The van der Waals surface area contributed by atoms with Crippen LogP contribution < -0.4 is 15.1 Å². The monoisotopic (exact) mass is 576 g/mol. The average Bonchev–Trinajstić information content (AvgIpc) is 2.90. The van der Waals surface area contributed by atoms with Gasteiger partial charge >= 0.3 is 0 Å². The fourth-order valence-electron chi connectivity index (χ4n) is 5.02. The molecule has 0 fully saturated rings. The van der Waals surface area contributed by atoms with Crippen LogP contribution in [0.3, 0.4) is 0 Å². The van der Waals surface area contributed by atoms with Crippen LogP contribution in [0, 0.1) is 11.8 Å². The van der Waals surface area contributed by atoms with Crippen molar-refractivity contribution >= 4 is 46.9 Å². The number of halogens is 1. The molecule has 0 unspecified atom stereocenters. The van der Waals surface area contributed by atoms with Crippen LogP contribution >= 0.6 is 23.4 Å². The summed E-state index contributed by atoms with van der Waals surface area (Å²) < 4.78 is 0. The molecule has 0 aromatic heterocycles. The molecule has 210 valence electrons. The highest BCUT2D eigenvalue weighted by Gasteiger charge is 2.29. The highest BCUT2D eigenvalue weighted by molar-refractivity contribution is 8.04. The first-order valence-electron chi connectivity index (χ1n) is 14.0. The van der Waals surface area contributed by atoms with Gasteiger partial charge in [-0.3, -0.25) is 9.59 Å². The number of nitrogens with one attached hydrogen (secondary N) is 2. The second-order valence-electron chi connectivity index (χ2n) is 11.2. The third kappa shape index (κ3) is 8.23. The molecule has 0 radical (unpaired) electrons. The van der Waals surface area contributed by atoms with Gasteiger partial charge in [-0.05, 0) is 53.6 Å². The Morgan fingerprint density at radius 3 is 2.35 bits per heavy atom. The number of hydrogen-bond donors (Lipinski definition) is 2. The van der Waals surface area contributed by atoms with Crippen LogP contribution in [0.5, 0.6) is 0 Å². The number of thioether (sulfide) groups is 1. The first-order valence-corrected chi connectivity index (χ1v) is 15.2. The number of nitrogens with zero attached hydrogens (tertiary/aromatic N) is 1. The SMILES string of the molecule is CC(C)C[NH+](CCNC(=O)c1ccc(C=C2Sc3ccccc3N(Cc3cccc(Cl)c3)C2=O)cc1)CC(C)C. The zero-order valence-corrected chi connectivity index (χ0v) is 25.3. The Morgan fingerprint density at radius 1 is 0.975 bits per heavy atom. The van der Waals surface area contributed by atoms with E-state index in [1.54, 1.807) is 4.90 Å². The number of carbonyl (C=O) groups excluding carboxylic acids is 2. The third-order valence-electron chi connectivity index (χ3n) is 6.69. The molecule has 7 heteroatoms. The molecule has 0 saturated heterocycles. The van der Waals surface area contributed by atoms with Crippen LogP contribution in [-0.2, 0) is 11.3 Å². The van der Waals surface area contributed by atoms with Gasteiger partial charge in [-0.1, -0.05) is 87.5 Å². The maximum atomic E-state index is 13.6. The van der Waals surface area contributed by atoms with Crippen molar-refractivity contribution in [3.05, 3.63) is 99.4 Å². The number of amides is 2. The third-order valence-corrected chi connectivity index (χ3v) is 8.00. The number of fused-ring (bicyclic) bond motifs is 1. The molecule has 0 atom stereocenters. The summed E-state index contributed by atoms with van der Waals surface area (Å²) in [6.07, 6.45) is 1.90. The fraction of sp³-hybridized carbons (Fsp3) is 0.333. The van der Waals surface area contributed by atoms with E-state index < -0.39 is 0 Å². The summed E-state index contributed by atoms with van der Waals surface area (Å²) in [5.41, 5.74) is 3.35. The minimum Gasteiger partial charge on any atom is -0.346 e. The van der Waals surface area contributed by atoms with Gasteiger partial charge in [-0.2, -0.15) is 0 Å². The summed E-state index contributed by atoms with van der Waals surface area (Å²) in [5, 5.41) is 3.73. The van der Waals surface area contributed by atoms with E-state index in [1.165, 1.54) is 16.7 Å². The molecule has 2 amide bonds. The zero-order valence-electron chi connectivity index (χ0n) is 23.7. The Morgan fingerprint density at radius 2 is 1.68 bits per heavy atom. The highest BCUT2D eigenvalue weighted by atomic mass is 35.5. The fourth-order valence-corrected chi connectivity index (χ4v) is 6.29. The van der Waals surface area contributed by atoms with E-state index in [0.29, 0.717) is 40.4 Å². The van der Waals surface area contributed by atoms with Crippen molar-refractivity contribution in [3.8, 4) is 0 Å². The molecule has 1 heterocycles. The standard InChI is InChI=1S/C33H38ClN3O2S/c1-23(2)20-36(21-24(3)4)17-16-35-32(38)27-14-12-25(13-15-27)19-31-33(39)37(22-26-8-7-9-28(34)18-26)29-10-5-6-11-30(29)40-31/h5-15,18-19,23-24H,16-17,20-22H2,1-4H3,(H,35,38)/p+1. The van der Waals surface area contributed by atoms with Crippen LogP contribution in [0.2, 0.25) is 5.02 Å². The molecule has 1 aliphatic rings. The van der Waals surface area contributed by atoms with Gasteiger partial charge < -0.3 is 15.1 Å². The molecule has 0 saturated carbocycles. The number of benzene rings is 3. The Kier molecular flexibility index (Phi) is 10.5. The highest BCUT2D eigenvalue weighted by Crippen LogP contribution is 2.42. The predicted molar refractivity (Wildman–Crippen MR) is 167 cm³/mol. The van der Waals surface area contributed by atoms with Gasteiger partial charge in [0.1, 0.15) is 0 Å². The molecule has 40 heavy (non-hydrogen) atoms. The van der Waals surface area contributed by atoms with E-state index >= 15 is 0 Å². The van der Waals surface area contributed by atoms with Gasteiger partial charge in [0.05, 0.1) is 43.3 Å². The lowest BCUT2D eigenvalue weighted by atomic mass is 10.1. The van der Waals surface area contributed by atoms with E-state index in [-0.39, 0.29) is 11.8 Å². The lowest BCUT2D eigenvalue weighted by Crippen LogP contribution is -3.13. The van der Waals surface area contributed by atoms with Crippen LogP contribution in [-0.4, -0.2) is 38.0 Å². The minimum atomic E-state index is -0.0719. The van der Waals surface area contributed by atoms with Crippen LogP contribution in [0.4, 0.5) is 5.69 Å². The number of carbonyl (C=O) groups is 2. The topological polar surface area (TPSA) is 53.9 Å². The second-order valence-corrected chi connectivity index (χ2v) is 12.7. The predicted octanol–water partition coefficient (Wildman–Crippen LogP) is 5.95. The molecular weight excluding hydrogens is 538 g/mol. The number of para-hydroxylation sites is 1. The molecule has 2 N–H and O–H groups in total. The summed E-state index contributed by atoms with van der Waals surface area (Å²) in [7, 11) is 0. The molecule has 0 spiro atoms. The van der Waals surface area contributed by atoms with Crippen LogP contribution in [0.15, 0.2) is 82.6 Å². The Bertz CT molecular complexity index is 1340. The lowest BCUT2D eigenvalue weighted by Gasteiger charge is -2.30. The molecule has 5 nitrogen and oxygen atoms in total. The van der Waals surface area contributed by atoms with E-state index in [2.05, 4.69) is 33.0 Å². The maximum absolute atomic E-state index is 13.6. The lowest BCUT2D eigenvalue weighted by molar-refractivity contribution is -0.904. The normalized spacial score (nSPS) is 14.3. The van der Waals surface area contributed by atoms with Gasteiger partial charge in [0.25, 0.3) is 11.8 Å². The number of anilines is 1. The molecule has 1 aliphatic heterocycles. The molecular formula is C33H39ClN3O2S+. The van der Waals surface area contributed by atoms with Gasteiger partial charge in [0.15, 0.2) is 0 Å². The van der Waals surface area contributed by atoms with Crippen molar-refractivity contribution in [2.45, 2.75) is 39.1 Å². The first kappa shape index (κ1) is 29.9. The number of hydrogen-bond acceptors (Lipinski definition) is 3. The van der Waals surface area contributed by atoms with Crippen molar-refractivity contribution in [1.29, 1.82) is 0 Å². The average molecular weight is 577 g/mol. The molecule has 0 aliphatic carbocycles. The first-order chi connectivity index (χ1) is 19.2. The van der Waals surface area contributed by atoms with Crippen molar-refractivity contribution < 1.29 is 14.5 Å². The van der Waals surface area contributed by atoms with E-state index in [0.717, 1.165) is 41.3 Å². The summed E-state index contributed by atoms with van der Waals surface area (Å²) in [4.78, 5) is 31.4. The summed E-state index contributed by atoms with van der Waals surface area (Å²) >= 11 is 7.67. The van der Waals surface area contributed by atoms with Crippen LogP contribution in [0.1, 0.15) is 49.2 Å². The van der Waals surface area contributed by atoms with E-state index in [1.807, 2.05) is 78.9 Å². The number of rotatable bonds is 11. The Hall–Kier alpha value is -3.06. The Labute approximate surface area is 247 Å². The van der Waals surface area contributed by atoms with Crippen molar-refractivity contribution in [1.82, 2.24) is 5.32 Å². The zero-order chi connectivity index (χ0) is 28.6. The smallest absolute Gasteiger partial charge is 0.265 e. The second kappa shape index (κ2) is 14.0. The van der Waals surface area contributed by atoms with E-state index in [9.17, 15) is 9.59 Å².